The molecule has 0 aromatic heterocycles. The molecule has 0 nitrogen and oxygen atoms in total. The first kappa shape index (κ1) is 12.3. The van der Waals surface area contributed by atoms with Crippen molar-refractivity contribution in [3.05, 3.63) is 64.1 Å². The fraction of sp³-hybridized carbons (Fsp3) is 0.0667. The maximum Gasteiger partial charge on any atom is 0.0255 e. The van der Waals surface area contributed by atoms with Crippen molar-refractivity contribution in [2.75, 3.05) is 0 Å². The summed E-state index contributed by atoms with van der Waals surface area (Å²) in [6.45, 7) is 2.09. The Balaban J connectivity index is 2.03. The highest BCUT2D eigenvalue weighted by molar-refractivity contribution is 9.10. The van der Waals surface area contributed by atoms with Crippen molar-refractivity contribution < 1.29 is 0 Å². The van der Waals surface area contributed by atoms with E-state index in [1.807, 2.05) is 24.3 Å². The quantitative estimate of drug-likeness (QED) is 0.535. The molecule has 0 spiro atoms. The van der Waals surface area contributed by atoms with Crippen molar-refractivity contribution in [3.8, 4) is 11.2 Å². The maximum absolute atomic E-state index is 3.40. The molecule has 0 unspecified atom stereocenters. The largest absolute Gasteiger partial charge is 0.0582 e. The predicted octanol–water partition coefficient (Wildman–Crippen LogP) is 4.86. The minimum atomic E-state index is 1.04. The van der Waals surface area contributed by atoms with Crippen molar-refractivity contribution in [2.45, 2.75) is 11.8 Å². The molecule has 0 bridgehead atoms. The van der Waals surface area contributed by atoms with Crippen molar-refractivity contribution in [1.82, 2.24) is 0 Å². The second-order valence-electron chi connectivity index (χ2n) is 3.65. The van der Waals surface area contributed by atoms with E-state index < -0.39 is 0 Å². The second-order valence-corrected chi connectivity index (χ2v) is 5.44. The molecule has 0 radical (unpaired) electrons. The van der Waals surface area contributed by atoms with Crippen LogP contribution in [0.25, 0.3) is 0 Å². The Morgan fingerprint density at radius 2 is 1.59 bits per heavy atom. The summed E-state index contributed by atoms with van der Waals surface area (Å²) in [5, 5.41) is 3.11. The topological polar surface area (TPSA) is 0 Å². The molecule has 0 heterocycles. The smallest absolute Gasteiger partial charge is 0.0255 e. The Hall–Kier alpha value is -1.17. The van der Waals surface area contributed by atoms with Gasteiger partial charge in [0.1, 0.15) is 0 Å². The number of rotatable bonds is 1. The molecule has 0 aliphatic carbocycles. The van der Waals surface area contributed by atoms with Gasteiger partial charge >= 0.3 is 0 Å². The van der Waals surface area contributed by atoms with Crippen molar-refractivity contribution in [2.24, 2.45) is 0 Å². The lowest BCUT2D eigenvalue weighted by molar-refractivity contribution is 1.38. The van der Waals surface area contributed by atoms with Crippen LogP contribution in [0.2, 0.25) is 0 Å². The van der Waals surface area contributed by atoms with Crippen LogP contribution >= 0.6 is 27.7 Å². The fourth-order valence-corrected chi connectivity index (χ4v) is 2.11. The molecule has 2 aromatic rings. The number of aryl methyl sites for hydroxylation is 1. The first-order valence-corrected chi connectivity index (χ1v) is 6.85. The van der Waals surface area contributed by atoms with Crippen molar-refractivity contribution in [3.63, 3.8) is 0 Å². The van der Waals surface area contributed by atoms with Crippen LogP contribution in [-0.2, 0) is 0 Å². The van der Waals surface area contributed by atoms with Gasteiger partial charge in [-0.2, -0.15) is 0 Å². The van der Waals surface area contributed by atoms with Gasteiger partial charge in [0.15, 0.2) is 0 Å². The van der Waals surface area contributed by atoms with E-state index >= 15 is 0 Å². The van der Waals surface area contributed by atoms with Gasteiger partial charge in [0, 0.05) is 14.9 Å². The molecule has 0 fully saturated rings. The molecule has 84 valence electrons. The van der Waals surface area contributed by atoms with Crippen LogP contribution in [0, 0.1) is 18.1 Å². The van der Waals surface area contributed by atoms with Crippen LogP contribution in [0.15, 0.2) is 57.9 Å². The average molecular weight is 303 g/mol. The summed E-state index contributed by atoms with van der Waals surface area (Å²) < 4.78 is 1.08. The van der Waals surface area contributed by atoms with E-state index in [0.717, 1.165) is 10.0 Å². The molecular weight excluding hydrogens is 292 g/mol. The molecule has 0 aliphatic heterocycles. The zero-order valence-corrected chi connectivity index (χ0v) is 11.8. The van der Waals surface area contributed by atoms with E-state index in [4.69, 9.17) is 0 Å². The highest BCUT2D eigenvalue weighted by atomic mass is 79.9. The lowest BCUT2D eigenvalue weighted by atomic mass is 10.2. The van der Waals surface area contributed by atoms with E-state index in [0.29, 0.717) is 0 Å². The van der Waals surface area contributed by atoms with Gasteiger partial charge in [0.25, 0.3) is 0 Å². The van der Waals surface area contributed by atoms with Crippen LogP contribution in [-0.4, -0.2) is 0 Å². The zero-order chi connectivity index (χ0) is 12.1. The number of thioether (sulfide) groups is 1. The lowest BCUT2D eigenvalue weighted by Crippen LogP contribution is -1.73. The van der Waals surface area contributed by atoms with Gasteiger partial charge in [-0.25, -0.2) is 0 Å². The number of hydrogen-bond acceptors (Lipinski definition) is 1. The third-order valence-corrected chi connectivity index (χ3v) is 3.47. The SMILES string of the molecule is Cc1ccc(SC#Cc2ccc(Br)cc2)cc1. The summed E-state index contributed by atoms with van der Waals surface area (Å²) in [6, 6.07) is 16.4. The minimum absolute atomic E-state index is 1.04. The normalized spacial score (nSPS) is 9.53. The first-order chi connectivity index (χ1) is 8.24. The molecule has 0 saturated carbocycles. The third-order valence-electron chi connectivity index (χ3n) is 2.23. The van der Waals surface area contributed by atoms with Crippen LogP contribution in [0.1, 0.15) is 11.1 Å². The average Bonchev–Trinajstić information content (AvgIpc) is 2.34. The molecule has 0 saturated heterocycles. The molecule has 0 aliphatic rings. The molecule has 0 amide bonds. The number of hydrogen-bond donors (Lipinski definition) is 0. The number of benzene rings is 2. The fourth-order valence-electron chi connectivity index (χ4n) is 1.28. The molecular formula is C15H11BrS. The lowest BCUT2D eigenvalue weighted by Gasteiger charge is -1.94. The van der Waals surface area contributed by atoms with Gasteiger partial charge in [-0.15, -0.1) is 0 Å². The highest BCUT2D eigenvalue weighted by Gasteiger charge is 1.90. The number of halogens is 1. The van der Waals surface area contributed by atoms with Gasteiger partial charge in [0.05, 0.1) is 0 Å². The molecule has 2 heteroatoms. The van der Waals surface area contributed by atoms with E-state index in [-0.39, 0.29) is 0 Å². The molecule has 0 atom stereocenters. The Labute approximate surface area is 115 Å². The summed E-state index contributed by atoms with van der Waals surface area (Å²) in [4.78, 5) is 1.18. The van der Waals surface area contributed by atoms with Gasteiger partial charge in [-0.05, 0) is 60.3 Å². The Kier molecular flexibility index (Phi) is 4.30. The molecule has 2 rings (SSSR count). The summed E-state index contributed by atoms with van der Waals surface area (Å²) >= 11 is 4.96. The Bertz CT molecular complexity index is 544. The zero-order valence-electron chi connectivity index (χ0n) is 9.41. The van der Waals surface area contributed by atoms with Gasteiger partial charge in [-0.1, -0.05) is 39.5 Å². The Morgan fingerprint density at radius 1 is 0.941 bits per heavy atom. The highest BCUT2D eigenvalue weighted by Crippen LogP contribution is 2.17. The van der Waals surface area contributed by atoms with Gasteiger partial charge in [0.2, 0.25) is 0 Å². The summed E-state index contributed by atoms with van der Waals surface area (Å²) in [5.41, 5.74) is 2.31. The summed E-state index contributed by atoms with van der Waals surface area (Å²) in [5.74, 6) is 3.13. The van der Waals surface area contributed by atoms with E-state index in [1.54, 1.807) is 11.8 Å². The monoisotopic (exact) mass is 302 g/mol. The van der Waals surface area contributed by atoms with Crippen molar-refractivity contribution in [1.29, 1.82) is 0 Å². The van der Waals surface area contributed by atoms with Gasteiger partial charge < -0.3 is 0 Å². The van der Waals surface area contributed by atoms with Crippen LogP contribution in [0.4, 0.5) is 0 Å². The molecule has 2 aromatic carbocycles. The van der Waals surface area contributed by atoms with E-state index in [2.05, 4.69) is 58.3 Å². The van der Waals surface area contributed by atoms with Crippen molar-refractivity contribution >= 4 is 27.7 Å². The van der Waals surface area contributed by atoms with Crippen LogP contribution in [0.5, 0.6) is 0 Å². The second kappa shape index (κ2) is 5.95. The van der Waals surface area contributed by atoms with Crippen LogP contribution in [0.3, 0.4) is 0 Å². The predicted molar refractivity (Wildman–Crippen MR) is 78.1 cm³/mol. The third kappa shape index (κ3) is 3.96. The minimum Gasteiger partial charge on any atom is -0.0582 e. The summed E-state index contributed by atoms with van der Waals surface area (Å²) in [6.07, 6.45) is 0. The Morgan fingerprint density at radius 3 is 2.24 bits per heavy atom. The summed E-state index contributed by atoms with van der Waals surface area (Å²) in [7, 11) is 0. The standard InChI is InChI=1S/C15H11BrS/c1-12-2-8-15(9-3-12)17-11-10-13-4-6-14(16)7-5-13/h2-9H,1H3. The molecule has 17 heavy (non-hydrogen) atoms. The van der Waals surface area contributed by atoms with E-state index in [9.17, 15) is 0 Å². The van der Waals surface area contributed by atoms with Gasteiger partial charge in [-0.3, -0.25) is 0 Å². The van der Waals surface area contributed by atoms with E-state index in [1.165, 1.54) is 10.5 Å². The maximum atomic E-state index is 3.40. The first-order valence-electron chi connectivity index (χ1n) is 5.24. The van der Waals surface area contributed by atoms with Crippen LogP contribution < -0.4 is 0 Å². The molecule has 0 N–H and O–H groups in total.